The van der Waals surface area contributed by atoms with E-state index in [2.05, 4.69) is 15.3 Å². The lowest BCUT2D eigenvalue weighted by molar-refractivity contribution is 0.102. The van der Waals surface area contributed by atoms with E-state index in [0.29, 0.717) is 20.7 Å². The number of hydrogen-bond donors (Lipinski definition) is 1. The number of hydrogen-bond acceptors (Lipinski definition) is 5. The second-order valence-corrected chi connectivity index (χ2v) is 4.38. The van der Waals surface area contributed by atoms with Crippen LogP contribution >= 0.6 is 22.9 Å². The highest BCUT2D eigenvalue weighted by Crippen LogP contribution is 2.17. The van der Waals surface area contributed by atoms with Gasteiger partial charge in [0.25, 0.3) is 5.91 Å². The summed E-state index contributed by atoms with van der Waals surface area (Å²) in [6.45, 7) is 0. The molecule has 2 aromatic heterocycles. The Morgan fingerprint density at radius 1 is 1.41 bits per heavy atom. The minimum Gasteiger partial charge on any atom is -0.298 e. The summed E-state index contributed by atoms with van der Waals surface area (Å²) in [6.07, 6.45) is 2.77. The fourth-order valence-corrected chi connectivity index (χ4v) is 1.78. The highest BCUT2D eigenvalue weighted by molar-refractivity contribution is 7.16. The quantitative estimate of drug-likeness (QED) is 0.844. The number of halogens is 1. The summed E-state index contributed by atoms with van der Waals surface area (Å²) in [4.78, 5) is 19.8. The van der Waals surface area contributed by atoms with Gasteiger partial charge in [-0.3, -0.25) is 10.1 Å². The number of pyridine rings is 1. The average Bonchev–Trinajstić information content (AvgIpc) is 2.77. The van der Waals surface area contributed by atoms with Crippen LogP contribution in [0.4, 0.5) is 5.13 Å². The Bertz CT molecular complexity index is 587. The van der Waals surface area contributed by atoms with E-state index in [9.17, 15) is 4.79 Å². The Balaban J connectivity index is 2.11. The molecule has 5 nitrogen and oxygen atoms in total. The van der Waals surface area contributed by atoms with Crippen molar-refractivity contribution < 1.29 is 4.79 Å². The fourth-order valence-electron chi connectivity index (χ4n) is 1.06. The largest absolute Gasteiger partial charge is 0.298 e. The zero-order chi connectivity index (χ0) is 12.3. The molecule has 0 radical (unpaired) electrons. The maximum atomic E-state index is 11.7. The minimum atomic E-state index is -0.340. The number of rotatable bonds is 2. The van der Waals surface area contributed by atoms with Crippen molar-refractivity contribution in [3.63, 3.8) is 0 Å². The first-order valence-corrected chi connectivity index (χ1v) is 5.67. The highest BCUT2D eigenvalue weighted by atomic mass is 35.5. The number of aromatic nitrogens is 2. The summed E-state index contributed by atoms with van der Waals surface area (Å²) in [5, 5.41) is 11.9. The van der Waals surface area contributed by atoms with Crippen LogP contribution in [0.3, 0.4) is 0 Å². The summed E-state index contributed by atoms with van der Waals surface area (Å²) in [6, 6.07) is 5.03. The van der Waals surface area contributed by atoms with E-state index in [1.807, 2.05) is 6.07 Å². The Morgan fingerprint density at radius 3 is 2.82 bits per heavy atom. The molecule has 0 saturated carbocycles. The van der Waals surface area contributed by atoms with Crippen molar-refractivity contribution in [3.05, 3.63) is 40.1 Å². The molecule has 17 heavy (non-hydrogen) atoms. The number of anilines is 1. The molecule has 0 bridgehead atoms. The van der Waals surface area contributed by atoms with Gasteiger partial charge in [-0.05, 0) is 12.1 Å². The van der Waals surface area contributed by atoms with Gasteiger partial charge in [0.2, 0.25) is 0 Å². The average molecular weight is 265 g/mol. The van der Waals surface area contributed by atoms with Crippen LogP contribution < -0.4 is 5.32 Å². The first-order chi connectivity index (χ1) is 8.19. The normalized spacial score (nSPS) is 9.65. The van der Waals surface area contributed by atoms with Gasteiger partial charge < -0.3 is 0 Å². The topological polar surface area (TPSA) is 78.7 Å². The SMILES string of the molecule is N#Cc1cnc(NC(=O)c2ccc(Cl)nc2)s1. The number of thiazole rings is 1. The van der Waals surface area contributed by atoms with E-state index in [1.54, 1.807) is 6.07 Å². The van der Waals surface area contributed by atoms with E-state index >= 15 is 0 Å². The van der Waals surface area contributed by atoms with Gasteiger partial charge in [0, 0.05) is 6.20 Å². The number of nitrogens with zero attached hydrogens (tertiary/aromatic N) is 3. The molecule has 0 aromatic carbocycles. The molecular weight excluding hydrogens is 260 g/mol. The van der Waals surface area contributed by atoms with Crippen LogP contribution in [-0.4, -0.2) is 15.9 Å². The van der Waals surface area contributed by atoms with Crippen molar-refractivity contribution in [1.29, 1.82) is 5.26 Å². The van der Waals surface area contributed by atoms with Crippen LogP contribution in [-0.2, 0) is 0 Å². The van der Waals surface area contributed by atoms with E-state index < -0.39 is 0 Å². The molecule has 0 fully saturated rings. The Labute approximate surface area is 106 Å². The number of carbonyl (C=O) groups is 1. The molecule has 84 valence electrons. The number of amides is 1. The van der Waals surface area contributed by atoms with Gasteiger partial charge in [-0.25, -0.2) is 9.97 Å². The molecule has 2 heterocycles. The van der Waals surface area contributed by atoms with E-state index in [-0.39, 0.29) is 5.91 Å². The maximum absolute atomic E-state index is 11.7. The Kier molecular flexibility index (Phi) is 3.32. The first kappa shape index (κ1) is 11.5. The third-order valence-electron chi connectivity index (χ3n) is 1.83. The molecule has 0 unspecified atom stereocenters. The lowest BCUT2D eigenvalue weighted by atomic mass is 10.3. The van der Waals surface area contributed by atoms with Crippen molar-refractivity contribution in [2.75, 3.05) is 5.32 Å². The third-order valence-corrected chi connectivity index (χ3v) is 2.87. The zero-order valence-corrected chi connectivity index (χ0v) is 9.92. The molecule has 1 N–H and O–H groups in total. The van der Waals surface area contributed by atoms with Crippen LogP contribution in [0.15, 0.2) is 24.5 Å². The molecule has 2 aromatic rings. The van der Waals surface area contributed by atoms with E-state index in [4.69, 9.17) is 16.9 Å². The molecule has 0 spiro atoms. The first-order valence-electron chi connectivity index (χ1n) is 4.48. The highest BCUT2D eigenvalue weighted by Gasteiger charge is 2.09. The van der Waals surface area contributed by atoms with Crippen LogP contribution in [0.5, 0.6) is 0 Å². The lowest BCUT2D eigenvalue weighted by Gasteiger charge is -2.00. The van der Waals surface area contributed by atoms with Crippen LogP contribution in [0.25, 0.3) is 0 Å². The summed E-state index contributed by atoms with van der Waals surface area (Å²) >= 11 is 6.72. The molecular formula is C10H5ClN4OS. The van der Waals surface area contributed by atoms with Gasteiger partial charge in [0.15, 0.2) is 5.13 Å². The molecule has 1 amide bonds. The minimum absolute atomic E-state index is 0.322. The van der Waals surface area contributed by atoms with E-state index in [0.717, 1.165) is 11.3 Å². The van der Waals surface area contributed by atoms with Crippen molar-refractivity contribution >= 4 is 34.0 Å². The molecule has 0 atom stereocenters. The van der Waals surface area contributed by atoms with Gasteiger partial charge in [0.1, 0.15) is 16.1 Å². The van der Waals surface area contributed by atoms with Gasteiger partial charge in [-0.1, -0.05) is 22.9 Å². The van der Waals surface area contributed by atoms with E-state index in [1.165, 1.54) is 18.5 Å². The standard InChI is InChI=1S/C10H5ClN4OS/c11-8-2-1-6(4-13-8)9(16)15-10-14-5-7(3-12)17-10/h1-2,4-5H,(H,14,15,16). The van der Waals surface area contributed by atoms with Gasteiger partial charge in [-0.15, -0.1) is 0 Å². The summed E-state index contributed by atoms with van der Waals surface area (Å²) in [7, 11) is 0. The second-order valence-electron chi connectivity index (χ2n) is 2.97. The molecule has 0 saturated heterocycles. The van der Waals surface area contributed by atoms with Gasteiger partial charge in [-0.2, -0.15) is 5.26 Å². The molecule has 7 heteroatoms. The summed E-state index contributed by atoms with van der Waals surface area (Å²) in [5.41, 5.74) is 0.378. The van der Waals surface area contributed by atoms with Crippen molar-refractivity contribution in [3.8, 4) is 6.07 Å². The third kappa shape index (κ3) is 2.78. The summed E-state index contributed by atoms with van der Waals surface area (Å²) in [5.74, 6) is -0.340. The summed E-state index contributed by atoms with van der Waals surface area (Å²) < 4.78 is 0. The van der Waals surface area contributed by atoms with Crippen molar-refractivity contribution in [1.82, 2.24) is 9.97 Å². The van der Waals surface area contributed by atoms with Crippen molar-refractivity contribution in [2.45, 2.75) is 0 Å². The van der Waals surface area contributed by atoms with Gasteiger partial charge >= 0.3 is 0 Å². The fraction of sp³-hybridized carbons (Fsp3) is 0. The number of nitriles is 1. The van der Waals surface area contributed by atoms with Crippen molar-refractivity contribution in [2.24, 2.45) is 0 Å². The smallest absolute Gasteiger partial charge is 0.259 e. The van der Waals surface area contributed by atoms with Crippen LogP contribution in [0, 0.1) is 11.3 Å². The van der Waals surface area contributed by atoms with Crippen LogP contribution in [0.2, 0.25) is 5.15 Å². The maximum Gasteiger partial charge on any atom is 0.259 e. The van der Waals surface area contributed by atoms with Crippen LogP contribution in [0.1, 0.15) is 15.2 Å². The second kappa shape index (κ2) is 4.91. The predicted molar refractivity (Wildman–Crippen MR) is 64.0 cm³/mol. The monoisotopic (exact) mass is 264 g/mol. The Morgan fingerprint density at radius 2 is 2.24 bits per heavy atom. The molecule has 0 aliphatic carbocycles. The lowest BCUT2D eigenvalue weighted by Crippen LogP contribution is -2.11. The molecule has 0 aliphatic heterocycles. The zero-order valence-electron chi connectivity index (χ0n) is 8.35. The molecule has 2 rings (SSSR count). The number of carbonyl (C=O) groups excluding carboxylic acids is 1. The Hall–Kier alpha value is -1.97. The molecule has 0 aliphatic rings. The predicted octanol–water partition coefficient (Wildman–Crippen LogP) is 2.32. The number of nitrogens with one attached hydrogen (secondary N) is 1. The van der Waals surface area contributed by atoms with Gasteiger partial charge in [0.05, 0.1) is 11.8 Å².